The van der Waals surface area contributed by atoms with Gasteiger partial charge in [0.25, 0.3) is 0 Å². The van der Waals surface area contributed by atoms with E-state index in [1.165, 1.54) is 13.2 Å². The van der Waals surface area contributed by atoms with Crippen LogP contribution in [0, 0.1) is 11.7 Å². The second-order valence-electron chi connectivity index (χ2n) is 5.37. The molecule has 21 heavy (non-hydrogen) atoms. The topological polar surface area (TPSA) is 74.2 Å². The number of hydrogen-bond donors (Lipinski definition) is 1. The molecule has 0 aliphatic rings. The summed E-state index contributed by atoms with van der Waals surface area (Å²) in [6, 6.07) is 4.45. The fourth-order valence-corrected chi connectivity index (χ4v) is 2.18. The van der Waals surface area contributed by atoms with E-state index in [1.54, 1.807) is 12.1 Å². The molecule has 114 valence electrons. The number of halogens is 1. The maximum absolute atomic E-state index is 13.4. The zero-order valence-corrected chi connectivity index (χ0v) is 12.5. The summed E-state index contributed by atoms with van der Waals surface area (Å²) in [7, 11) is 1.41. The van der Waals surface area contributed by atoms with Crippen molar-refractivity contribution >= 4 is 0 Å². The molecule has 2 rings (SSSR count). The Hall–Kier alpha value is -1.95. The monoisotopic (exact) mass is 293 g/mol. The highest BCUT2D eigenvalue weighted by Gasteiger charge is 2.20. The first-order valence-electron chi connectivity index (χ1n) is 6.92. The molecule has 0 spiro atoms. The van der Waals surface area contributed by atoms with E-state index in [0.717, 1.165) is 6.42 Å². The van der Waals surface area contributed by atoms with Gasteiger partial charge in [0, 0.05) is 12.1 Å². The summed E-state index contributed by atoms with van der Waals surface area (Å²) in [6.45, 7) is 4.68. The summed E-state index contributed by atoms with van der Waals surface area (Å²) in [4.78, 5) is 4.37. The predicted octanol–water partition coefficient (Wildman–Crippen LogP) is 2.97. The van der Waals surface area contributed by atoms with Crippen LogP contribution in [0.15, 0.2) is 22.7 Å². The van der Waals surface area contributed by atoms with Crippen LogP contribution in [-0.4, -0.2) is 23.8 Å². The number of benzene rings is 1. The van der Waals surface area contributed by atoms with Crippen LogP contribution < -0.4 is 10.5 Å². The average Bonchev–Trinajstić information content (AvgIpc) is 2.94. The molecular formula is C15H20FN3O2. The molecule has 0 aliphatic heterocycles. The van der Waals surface area contributed by atoms with E-state index in [4.69, 9.17) is 15.0 Å². The van der Waals surface area contributed by atoms with Crippen molar-refractivity contribution in [2.75, 3.05) is 13.7 Å². The third kappa shape index (κ3) is 3.58. The van der Waals surface area contributed by atoms with Gasteiger partial charge in [-0.15, -0.1) is 0 Å². The Morgan fingerprint density at radius 1 is 1.38 bits per heavy atom. The highest BCUT2D eigenvalue weighted by Crippen LogP contribution is 2.27. The van der Waals surface area contributed by atoms with Gasteiger partial charge in [0.05, 0.1) is 13.0 Å². The van der Waals surface area contributed by atoms with Crippen LogP contribution in [-0.2, 0) is 0 Å². The fraction of sp³-hybridized carbons (Fsp3) is 0.467. The maximum Gasteiger partial charge on any atom is 0.231 e. The van der Waals surface area contributed by atoms with Gasteiger partial charge in [0.15, 0.2) is 11.6 Å². The van der Waals surface area contributed by atoms with E-state index < -0.39 is 5.82 Å². The van der Waals surface area contributed by atoms with E-state index in [9.17, 15) is 4.39 Å². The molecule has 6 heteroatoms. The van der Waals surface area contributed by atoms with Gasteiger partial charge in [-0.25, -0.2) is 4.39 Å². The predicted molar refractivity (Wildman–Crippen MR) is 77.5 cm³/mol. The Bertz CT molecular complexity index is 598. The first-order chi connectivity index (χ1) is 10.0. The van der Waals surface area contributed by atoms with Crippen LogP contribution in [0.5, 0.6) is 5.75 Å². The van der Waals surface area contributed by atoms with Crippen molar-refractivity contribution in [3.8, 4) is 17.1 Å². The average molecular weight is 293 g/mol. The summed E-state index contributed by atoms with van der Waals surface area (Å²) in [5.41, 5.74) is 6.41. The minimum Gasteiger partial charge on any atom is -0.494 e. The van der Waals surface area contributed by atoms with E-state index in [2.05, 4.69) is 24.0 Å². The highest BCUT2D eigenvalue weighted by molar-refractivity contribution is 5.57. The molecule has 0 saturated carbocycles. The van der Waals surface area contributed by atoms with Gasteiger partial charge in [-0.05, 0) is 30.5 Å². The van der Waals surface area contributed by atoms with Crippen LogP contribution in [0.1, 0.15) is 32.1 Å². The number of hydrogen-bond acceptors (Lipinski definition) is 5. The van der Waals surface area contributed by atoms with Crippen LogP contribution in [0.4, 0.5) is 4.39 Å². The van der Waals surface area contributed by atoms with Gasteiger partial charge >= 0.3 is 0 Å². The first kappa shape index (κ1) is 15.4. The lowest BCUT2D eigenvalue weighted by atomic mass is 9.97. The van der Waals surface area contributed by atoms with Gasteiger partial charge in [-0.2, -0.15) is 4.98 Å². The van der Waals surface area contributed by atoms with E-state index in [1.807, 2.05) is 0 Å². The molecule has 5 nitrogen and oxygen atoms in total. The number of methoxy groups -OCH3 is 1. The van der Waals surface area contributed by atoms with Crippen molar-refractivity contribution in [3.05, 3.63) is 29.9 Å². The smallest absolute Gasteiger partial charge is 0.231 e. The molecular weight excluding hydrogens is 273 g/mol. The largest absolute Gasteiger partial charge is 0.494 e. The van der Waals surface area contributed by atoms with Crippen molar-refractivity contribution in [2.45, 2.75) is 26.2 Å². The Morgan fingerprint density at radius 2 is 2.14 bits per heavy atom. The molecule has 1 unspecified atom stereocenters. The number of rotatable bonds is 6. The van der Waals surface area contributed by atoms with Gasteiger partial charge in [0.2, 0.25) is 11.7 Å². The number of nitrogens with two attached hydrogens (primary N) is 1. The van der Waals surface area contributed by atoms with E-state index in [0.29, 0.717) is 29.7 Å². The lowest BCUT2D eigenvalue weighted by Gasteiger charge is -2.11. The van der Waals surface area contributed by atoms with Gasteiger partial charge in [-0.3, -0.25) is 0 Å². The van der Waals surface area contributed by atoms with Crippen LogP contribution in [0.25, 0.3) is 11.4 Å². The van der Waals surface area contributed by atoms with Crippen molar-refractivity contribution < 1.29 is 13.7 Å². The third-order valence-corrected chi connectivity index (χ3v) is 3.24. The minimum atomic E-state index is -0.426. The Labute approximate surface area is 123 Å². The fourth-order valence-electron chi connectivity index (χ4n) is 2.18. The van der Waals surface area contributed by atoms with Crippen LogP contribution >= 0.6 is 0 Å². The zero-order valence-electron chi connectivity index (χ0n) is 12.5. The molecule has 2 N–H and O–H groups in total. The van der Waals surface area contributed by atoms with E-state index in [-0.39, 0.29) is 11.7 Å². The molecule has 0 amide bonds. The Balaban J connectivity index is 2.26. The summed E-state index contributed by atoms with van der Waals surface area (Å²) >= 11 is 0. The normalized spacial score (nSPS) is 12.7. The second-order valence-corrected chi connectivity index (χ2v) is 5.37. The molecule has 0 saturated heterocycles. The molecule has 0 bridgehead atoms. The second kappa shape index (κ2) is 6.67. The zero-order chi connectivity index (χ0) is 15.4. The summed E-state index contributed by atoms with van der Waals surface area (Å²) in [5.74, 6) is 1.17. The molecule has 1 atom stereocenters. The van der Waals surface area contributed by atoms with E-state index >= 15 is 0 Å². The van der Waals surface area contributed by atoms with Crippen LogP contribution in [0.2, 0.25) is 0 Å². The lowest BCUT2D eigenvalue weighted by molar-refractivity contribution is 0.334. The number of nitrogens with zero attached hydrogens (tertiary/aromatic N) is 2. The number of aromatic nitrogens is 2. The van der Waals surface area contributed by atoms with Crippen molar-refractivity contribution in [2.24, 2.45) is 11.7 Å². The molecule has 1 heterocycles. The minimum absolute atomic E-state index is 0.0357. The van der Waals surface area contributed by atoms with Gasteiger partial charge < -0.3 is 15.0 Å². The molecule has 0 radical (unpaired) electrons. The SMILES string of the molecule is COc1cc(-c2noc(C(CN)CC(C)C)n2)ccc1F. The standard InChI is InChI=1S/C15H20FN3O2/c1-9(2)6-11(8-17)15-18-14(19-21-15)10-4-5-12(16)13(7-10)20-3/h4-5,7,9,11H,6,8,17H2,1-3H3. The Morgan fingerprint density at radius 3 is 2.76 bits per heavy atom. The third-order valence-electron chi connectivity index (χ3n) is 3.24. The molecule has 0 fully saturated rings. The van der Waals surface area contributed by atoms with Crippen LogP contribution in [0.3, 0.4) is 0 Å². The molecule has 1 aromatic heterocycles. The Kier molecular flexibility index (Phi) is 4.90. The molecule has 1 aromatic carbocycles. The van der Waals surface area contributed by atoms with Crippen molar-refractivity contribution in [1.82, 2.24) is 10.1 Å². The summed E-state index contributed by atoms with van der Waals surface area (Å²) in [5, 5.41) is 3.95. The highest BCUT2D eigenvalue weighted by atomic mass is 19.1. The van der Waals surface area contributed by atoms with Crippen molar-refractivity contribution in [1.29, 1.82) is 0 Å². The lowest BCUT2D eigenvalue weighted by Crippen LogP contribution is -2.15. The molecule has 0 aliphatic carbocycles. The van der Waals surface area contributed by atoms with Gasteiger partial charge in [0.1, 0.15) is 0 Å². The van der Waals surface area contributed by atoms with Gasteiger partial charge in [-0.1, -0.05) is 19.0 Å². The summed E-state index contributed by atoms with van der Waals surface area (Å²) < 4.78 is 23.7. The quantitative estimate of drug-likeness (QED) is 0.886. The maximum atomic E-state index is 13.4. The summed E-state index contributed by atoms with van der Waals surface area (Å²) in [6.07, 6.45) is 0.880. The van der Waals surface area contributed by atoms with Crippen molar-refractivity contribution in [3.63, 3.8) is 0 Å². The molecule has 2 aromatic rings. The first-order valence-corrected chi connectivity index (χ1v) is 6.92. The number of ether oxygens (including phenoxy) is 1.